The molecule has 0 spiro atoms. The number of carboxylic acid groups (broad SMARTS) is 1. The minimum atomic E-state index is -0.902. The molecule has 2 aliphatic rings. The van der Waals surface area contributed by atoms with Crippen LogP contribution in [0.3, 0.4) is 0 Å². The van der Waals surface area contributed by atoms with Gasteiger partial charge in [-0.2, -0.15) is 0 Å². The summed E-state index contributed by atoms with van der Waals surface area (Å²) in [7, 11) is 0. The highest BCUT2D eigenvalue weighted by Crippen LogP contribution is 2.33. The van der Waals surface area contributed by atoms with E-state index in [1.807, 2.05) is 18.2 Å². The molecule has 2 nitrogen and oxygen atoms in total. The van der Waals surface area contributed by atoms with Crippen molar-refractivity contribution in [1.29, 1.82) is 0 Å². The Morgan fingerprint density at radius 3 is 1.52 bits per heavy atom. The normalized spacial score (nSPS) is 17.7. The number of rotatable bonds is 5. The Labute approximate surface area is 187 Å². The highest BCUT2D eigenvalue weighted by Gasteiger charge is 2.15. The van der Waals surface area contributed by atoms with Gasteiger partial charge in [-0.15, -0.1) is 0 Å². The van der Waals surface area contributed by atoms with Crippen LogP contribution in [0.1, 0.15) is 98.3 Å². The molecular formula is C29H36O2. The molecule has 2 aromatic rings. The largest absolute Gasteiger partial charge is 0.478 e. The van der Waals surface area contributed by atoms with Gasteiger partial charge in [0.15, 0.2) is 0 Å². The molecule has 0 atom stereocenters. The SMILES string of the molecule is C=Cc1ccc(C2CCCCC2)cc1.O=C(O)C=Cc1ccc(C2CCCCC2)cc1. The van der Waals surface area contributed by atoms with Crippen molar-refractivity contribution < 1.29 is 9.90 Å². The number of carbonyl (C=O) groups is 1. The summed E-state index contributed by atoms with van der Waals surface area (Å²) in [5.74, 6) is 0.630. The summed E-state index contributed by atoms with van der Waals surface area (Å²) < 4.78 is 0. The Bertz CT molecular complexity index is 833. The highest BCUT2D eigenvalue weighted by molar-refractivity contribution is 5.85. The predicted octanol–water partition coefficient (Wildman–Crippen LogP) is 8.21. The van der Waals surface area contributed by atoms with E-state index < -0.39 is 5.97 Å². The summed E-state index contributed by atoms with van der Waals surface area (Å²) in [6.45, 7) is 3.77. The molecule has 2 fully saturated rings. The maximum absolute atomic E-state index is 10.4. The summed E-state index contributed by atoms with van der Waals surface area (Å²) >= 11 is 0. The Kier molecular flexibility index (Phi) is 9.15. The summed E-state index contributed by atoms with van der Waals surface area (Å²) in [5.41, 5.74) is 5.10. The first-order chi connectivity index (χ1) is 15.2. The highest BCUT2D eigenvalue weighted by atomic mass is 16.4. The number of carboxylic acids is 1. The molecule has 2 heteroatoms. The molecule has 4 rings (SSSR count). The van der Waals surface area contributed by atoms with Crippen LogP contribution in [0.4, 0.5) is 0 Å². The molecule has 1 N–H and O–H groups in total. The van der Waals surface area contributed by atoms with E-state index in [1.54, 1.807) is 6.08 Å². The van der Waals surface area contributed by atoms with Gasteiger partial charge in [-0.3, -0.25) is 0 Å². The predicted molar refractivity (Wildman–Crippen MR) is 131 cm³/mol. The van der Waals surface area contributed by atoms with Crippen LogP contribution >= 0.6 is 0 Å². The standard InChI is InChI=1S/C15H18O2.C14H18/c16-15(17)11-8-12-6-9-14(10-7-12)13-4-2-1-3-5-13;1-2-12-8-10-14(11-9-12)13-6-4-3-5-7-13/h6-11,13H,1-5H2,(H,16,17);2,8-11,13H,1,3-7H2. The topological polar surface area (TPSA) is 37.3 Å². The molecule has 0 heterocycles. The van der Waals surface area contributed by atoms with E-state index in [9.17, 15) is 4.79 Å². The molecule has 0 bridgehead atoms. The third-order valence-electron chi connectivity index (χ3n) is 6.68. The molecule has 31 heavy (non-hydrogen) atoms. The van der Waals surface area contributed by atoms with E-state index in [4.69, 9.17) is 5.11 Å². The summed E-state index contributed by atoms with van der Waals surface area (Å²) in [5, 5.41) is 8.55. The van der Waals surface area contributed by atoms with Crippen LogP contribution < -0.4 is 0 Å². The van der Waals surface area contributed by atoms with Crippen molar-refractivity contribution in [3.05, 3.63) is 83.4 Å². The van der Waals surface area contributed by atoms with Gasteiger partial charge in [0.2, 0.25) is 0 Å². The smallest absolute Gasteiger partial charge is 0.328 e. The average molecular weight is 417 g/mol. The zero-order valence-electron chi connectivity index (χ0n) is 18.6. The Balaban J connectivity index is 0.000000179. The zero-order chi connectivity index (χ0) is 21.9. The monoisotopic (exact) mass is 416 g/mol. The molecule has 2 aliphatic carbocycles. The molecular weight excluding hydrogens is 380 g/mol. The van der Waals surface area contributed by atoms with Gasteiger partial charge in [0.05, 0.1) is 0 Å². The maximum Gasteiger partial charge on any atom is 0.328 e. The van der Waals surface area contributed by atoms with E-state index in [2.05, 4.69) is 43.0 Å². The Morgan fingerprint density at radius 2 is 1.13 bits per heavy atom. The van der Waals surface area contributed by atoms with Gasteiger partial charge in [0.25, 0.3) is 0 Å². The molecule has 0 amide bonds. The van der Waals surface area contributed by atoms with E-state index in [0.29, 0.717) is 5.92 Å². The molecule has 0 unspecified atom stereocenters. The van der Waals surface area contributed by atoms with Gasteiger partial charge < -0.3 is 5.11 Å². The van der Waals surface area contributed by atoms with E-state index in [-0.39, 0.29) is 0 Å². The molecule has 0 radical (unpaired) electrons. The summed E-state index contributed by atoms with van der Waals surface area (Å²) in [4.78, 5) is 10.4. The summed E-state index contributed by atoms with van der Waals surface area (Å²) in [6, 6.07) is 17.2. The zero-order valence-corrected chi connectivity index (χ0v) is 18.6. The Morgan fingerprint density at radius 1 is 0.710 bits per heavy atom. The van der Waals surface area contributed by atoms with Crippen LogP contribution in [-0.2, 0) is 4.79 Å². The van der Waals surface area contributed by atoms with Crippen LogP contribution in [0.25, 0.3) is 12.2 Å². The van der Waals surface area contributed by atoms with E-state index in [1.165, 1.54) is 87.0 Å². The molecule has 0 aliphatic heterocycles. The fraction of sp³-hybridized carbons (Fsp3) is 0.414. The minimum absolute atomic E-state index is 0.709. The summed E-state index contributed by atoms with van der Waals surface area (Å²) in [6.07, 6.45) is 18.4. The van der Waals surface area contributed by atoms with Crippen molar-refractivity contribution in [2.75, 3.05) is 0 Å². The van der Waals surface area contributed by atoms with Crippen LogP contribution in [0.5, 0.6) is 0 Å². The van der Waals surface area contributed by atoms with E-state index in [0.717, 1.165) is 11.5 Å². The first-order valence-corrected chi connectivity index (χ1v) is 11.9. The van der Waals surface area contributed by atoms with Gasteiger partial charge >= 0.3 is 5.97 Å². The van der Waals surface area contributed by atoms with Gasteiger partial charge in [0, 0.05) is 6.08 Å². The van der Waals surface area contributed by atoms with Gasteiger partial charge in [-0.1, -0.05) is 99.7 Å². The van der Waals surface area contributed by atoms with Crippen molar-refractivity contribution in [3.63, 3.8) is 0 Å². The lowest BCUT2D eigenvalue weighted by Gasteiger charge is -2.21. The molecule has 164 valence electrons. The quantitative estimate of drug-likeness (QED) is 0.499. The lowest BCUT2D eigenvalue weighted by atomic mass is 9.84. The number of hydrogen-bond donors (Lipinski definition) is 1. The molecule has 2 aromatic carbocycles. The number of benzene rings is 2. The molecule has 2 saturated carbocycles. The fourth-order valence-electron chi connectivity index (χ4n) is 4.82. The molecule has 0 saturated heterocycles. The van der Waals surface area contributed by atoms with Crippen molar-refractivity contribution in [1.82, 2.24) is 0 Å². The van der Waals surface area contributed by atoms with Crippen LogP contribution in [0.2, 0.25) is 0 Å². The third-order valence-corrected chi connectivity index (χ3v) is 6.68. The van der Waals surface area contributed by atoms with Crippen molar-refractivity contribution >= 4 is 18.1 Å². The molecule has 0 aromatic heterocycles. The third kappa shape index (κ3) is 7.54. The lowest BCUT2D eigenvalue weighted by molar-refractivity contribution is -0.131. The first-order valence-electron chi connectivity index (χ1n) is 11.9. The van der Waals surface area contributed by atoms with Crippen LogP contribution in [0.15, 0.2) is 61.2 Å². The fourth-order valence-corrected chi connectivity index (χ4v) is 4.82. The lowest BCUT2D eigenvalue weighted by Crippen LogP contribution is -2.04. The van der Waals surface area contributed by atoms with E-state index >= 15 is 0 Å². The second-order valence-corrected chi connectivity index (χ2v) is 8.88. The second kappa shape index (κ2) is 12.3. The van der Waals surface area contributed by atoms with Gasteiger partial charge in [-0.05, 0) is 65.8 Å². The second-order valence-electron chi connectivity index (χ2n) is 8.88. The van der Waals surface area contributed by atoms with Crippen LogP contribution in [-0.4, -0.2) is 11.1 Å². The van der Waals surface area contributed by atoms with Gasteiger partial charge in [0.1, 0.15) is 0 Å². The average Bonchev–Trinajstić information content (AvgIpc) is 2.85. The van der Waals surface area contributed by atoms with Crippen molar-refractivity contribution in [3.8, 4) is 0 Å². The Hall–Kier alpha value is -2.61. The van der Waals surface area contributed by atoms with Crippen molar-refractivity contribution in [2.45, 2.75) is 76.0 Å². The number of hydrogen-bond acceptors (Lipinski definition) is 1. The van der Waals surface area contributed by atoms with Crippen LogP contribution in [0, 0.1) is 0 Å². The first kappa shape index (κ1) is 23.1. The maximum atomic E-state index is 10.4. The minimum Gasteiger partial charge on any atom is -0.478 e. The van der Waals surface area contributed by atoms with Crippen molar-refractivity contribution in [2.24, 2.45) is 0 Å². The number of aliphatic carboxylic acids is 1. The van der Waals surface area contributed by atoms with Gasteiger partial charge in [-0.25, -0.2) is 4.79 Å².